The number of halogens is 1. The molecule has 0 fully saturated rings. The average Bonchev–Trinajstić information content (AvgIpc) is 3.10. The zero-order valence-electron chi connectivity index (χ0n) is 14.7. The van der Waals surface area contributed by atoms with Crippen molar-refractivity contribution in [2.24, 2.45) is 5.73 Å². The van der Waals surface area contributed by atoms with Gasteiger partial charge in [-0.1, -0.05) is 41.9 Å². The van der Waals surface area contributed by atoms with E-state index in [0.29, 0.717) is 11.0 Å². The highest BCUT2D eigenvalue weighted by Crippen LogP contribution is 2.28. The van der Waals surface area contributed by atoms with Crippen LogP contribution in [0.3, 0.4) is 0 Å². The molecule has 4 aromatic rings. The molecule has 0 spiro atoms. The largest absolute Gasteiger partial charge is 0.484 e. The summed E-state index contributed by atoms with van der Waals surface area (Å²) in [6.07, 6.45) is 1.53. The van der Waals surface area contributed by atoms with E-state index in [-0.39, 0.29) is 12.1 Å². The summed E-state index contributed by atoms with van der Waals surface area (Å²) in [6.45, 7) is 1.94. The highest BCUT2D eigenvalue weighted by Gasteiger charge is 2.18. The summed E-state index contributed by atoms with van der Waals surface area (Å²) >= 11 is 5.81. The average molecular weight is 380 g/mol. The zero-order valence-corrected chi connectivity index (χ0v) is 15.4. The van der Waals surface area contributed by atoms with E-state index in [2.05, 4.69) is 15.3 Å². The first-order valence-electron chi connectivity index (χ1n) is 8.56. The Labute approximate surface area is 161 Å². The molecule has 136 valence electrons. The van der Waals surface area contributed by atoms with Crippen molar-refractivity contribution in [2.75, 3.05) is 0 Å². The Balaban J connectivity index is 1.65. The predicted octanol–water partition coefficient (Wildman–Crippen LogP) is 3.94. The number of benzene rings is 2. The number of fused-ring (bicyclic) bond motifs is 1. The lowest BCUT2D eigenvalue weighted by Crippen LogP contribution is -2.29. The number of nitrogens with two attached hydrogens (primary N) is 1. The quantitative estimate of drug-likeness (QED) is 0.568. The molecule has 27 heavy (non-hydrogen) atoms. The number of rotatable bonds is 5. The van der Waals surface area contributed by atoms with E-state index in [1.807, 2.05) is 55.5 Å². The van der Waals surface area contributed by atoms with Crippen LogP contribution in [-0.4, -0.2) is 26.0 Å². The molecule has 2 atom stereocenters. The molecule has 0 aliphatic heterocycles. The Morgan fingerprint density at radius 2 is 1.85 bits per heavy atom. The maximum absolute atomic E-state index is 6.19. The lowest BCUT2D eigenvalue weighted by molar-refractivity contribution is 0.180. The Bertz CT molecular complexity index is 1050. The van der Waals surface area contributed by atoms with Crippen molar-refractivity contribution in [3.8, 4) is 11.6 Å². The van der Waals surface area contributed by atoms with Crippen LogP contribution in [-0.2, 0) is 0 Å². The lowest BCUT2D eigenvalue weighted by Gasteiger charge is -2.23. The molecule has 0 saturated heterocycles. The standard InChI is InChI=1S/C20H18ClN5O/c1-13(22)20(14-5-3-2-4-6-14)27-16-7-8-17-15(11-16)12-23-26(17)19-10-9-18(21)24-25-19/h2-13,20H,22H2,1H3/t13-,20-/m0/s1. The molecule has 0 amide bonds. The SMILES string of the molecule is C[C@H](N)[C@H](Oc1ccc2c(cnn2-c2ccc(Cl)nn2)c1)c1ccccc1. The van der Waals surface area contributed by atoms with Crippen LogP contribution in [0.5, 0.6) is 5.75 Å². The van der Waals surface area contributed by atoms with Gasteiger partial charge in [-0.05, 0) is 42.8 Å². The van der Waals surface area contributed by atoms with Crippen LogP contribution in [0, 0.1) is 0 Å². The molecule has 2 heterocycles. The van der Waals surface area contributed by atoms with Gasteiger partial charge >= 0.3 is 0 Å². The van der Waals surface area contributed by atoms with Crippen molar-refractivity contribution in [2.45, 2.75) is 19.1 Å². The lowest BCUT2D eigenvalue weighted by atomic mass is 10.0. The van der Waals surface area contributed by atoms with Gasteiger partial charge in [-0.3, -0.25) is 0 Å². The Kier molecular flexibility index (Phi) is 4.75. The molecule has 0 aliphatic rings. The van der Waals surface area contributed by atoms with Crippen LogP contribution < -0.4 is 10.5 Å². The van der Waals surface area contributed by atoms with Gasteiger partial charge in [0.2, 0.25) is 0 Å². The van der Waals surface area contributed by atoms with Gasteiger partial charge in [0.1, 0.15) is 11.9 Å². The maximum Gasteiger partial charge on any atom is 0.176 e. The molecule has 0 saturated carbocycles. The minimum atomic E-state index is -0.235. The molecule has 2 aromatic heterocycles. The smallest absolute Gasteiger partial charge is 0.176 e. The number of aromatic nitrogens is 4. The summed E-state index contributed by atoms with van der Waals surface area (Å²) in [5.74, 6) is 1.33. The fourth-order valence-corrected chi connectivity index (χ4v) is 3.06. The Morgan fingerprint density at radius 1 is 1.04 bits per heavy atom. The molecular weight excluding hydrogens is 362 g/mol. The van der Waals surface area contributed by atoms with Gasteiger partial charge in [-0.25, -0.2) is 4.68 Å². The minimum Gasteiger partial charge on any atom is -0.484 e. The van der Waals surface area contributed by atoms with Gasteiger partial charge in [-0.15, -0.1) is 10.2 Å². The second-order valence-corrected chi connectivity index (χ2v) is 6.69. The molecule has 6 nitrogen and oxygen atoms in total. The summed E-state index contributed by atoms with van der Waals surface area (Å²) in [5, 5.41) is 13.6. The number of hydrogen-bond donors (Lipinski definition) is 1. The van der Waals surface area contributed by atoms with Crippen molar-refractivity contribution in [3.05, 3.63) is 77.6 Å². The Hall–Kier alpha value is -2.96. The van der Waals surface area contributed by atoms with Crippen LogP contribution in [0.1, 0.15) is 18.6 Å². The van der Waals surface area contributed by atoms with Crippen LogP contribution in [0.15, 0.2) is 66.9 Å². The van der Waals surface area contributed by atoms with Crippen molar-refractivity contribution in [1.29, 1.82) is 0 Å². The van der Waals surface area contributed by atoms with Crippen LogP contribution >= 0.6 is 11.6 Å². The van der Waals surface area contributed by atoms with Crippen LogP contribution in [0.4, 0.5) is 0 Å². The van der Waals surface area contributed by atoms with E-state index in [1.165, 1.54) is 0 Å². The van der Waals surface area contributed by atoms with Gasteiger partial charge in [0, 0.05) is 11.4 Å². The van der Waals surface area contributed by atoms with Crippen molar-refractivity contribution >= 4 is 22.5 Å². The highest BCUT2D eigenvalue weighted by atomic mass is 35.5. The van der Waals surface area contributed by atoms with Gasteiger partial charge in [0.15, 0.2) is 11.0 Å². The van der Waals surface area contributed by atoms with Crippen LogP contribution in [0.2, 0.25) is 5.15 Å². The summed E-state index contributed by atoms with van der Waals surface area (Å²) in [4.78, 5) is 0. The number of ether oxygens (including phenoxy) is 1. The maximum atomic E-state index is 6.19. The van der Waals surface area contributed by atoms with Gasteiger partial charge in [0.25, 0.3) is 0 Å². The van der Waals surface area contributed by atoms with Gasteiger partial charge < -0.3 is 10.5 Å². The van der Waals surface area contributed by atoms with Crippen molar-refractivity contribution < 1.29 is 4.74 Å². The highest BCUT2D eigenvalue weighted by molar-refractivity contribution is 6.29. The molecule has 4 rings (SSSR count). The van der Waals surface area contributed by atoms with E-state index in [4.69, 9.17) is 22.1 Å². The first kappa shape index (κ1) is 17.5. The second kappa shape index (κ2) is 7.34. The third-order valence-corrected chi connectivity index (χ3v) is 4.44. The first-order valence-corrected chi connectivity index (χ1v) is 8.94. The number of hydrogen-bond acceptors (Lipinski definition) is 5. The fraction of sp³-hybridized carbons (Fsp3) is 0.150. The first-order chi connectivity index (χ1) is 13.1. The molecule has 0 bridgehead atoms. The third-order valence-electron chi connectivity index (χ3n) is 4.24. The fourth-order valence-electron chi connectivity index (χ4n) is 2.96. The molecule has 0 aliphatic carbocycles. The van der Waals surface area contributed by atoms with E-state index in [9.17, 15) is 0 Å². The molecular formula is C20H18ClN5O. The minimum absolute atomic E-state index is 0.157. The van der Waals surface area contributed by atoms with Crippen molar-refractivity contribution in [3.63, 3.8) is 0 Å². The number of nitrogens with zero attached hydrogens (tertiary/aromatic N) is 4. The summed E-state index contributed by atoms with van der Waals surface area (Å²) in [5.41, 5.74) is 8.09. The van der Waals surface area contributed by atoms with E-state index in [1.54, 1.807) is 23.0 Å². The summed E-state index contributed by atoms with van der Waals surface area (Å²) < 4.78 is 7.90. The zero-order chi connectivity index (χ0) is 18.8. The summed E-state index contributed by atoms with van der Waals surface area (Å²) in [6, 6.07) is 19.1. The second-order valence-electron chi connectivity index (χ2n) is 6.30. The van der Waals surface area contributed by atoms with Crippen molar-refractivity contribution in [1.82, 2.24) is 20.0 Å². The molecule has 0 unspecified atom stereocenters. The Morgan fingerprint density at radius 3 is 2.56 bits per heavy atom. The van der Waals surface area contributed by atoms with Gasteiger partial charge in [0.05, 0.1) is 11.7 Å². The molecule has 7 heteroatoms. The predicted molar refractivity (Wildman–Crippen MR) is 105 cm³/mol. The molecule has 2 N–H and O–H groups in total. The van der Waals surface area contributed by atoms with Gasteiger partial charge in [-0.2, -0.15) is 5.10 Å². The summed E-state index contributed by atoms with van der Waals surface area (Å²) in [7, 11) is 0. The monoisotopic (exact) mass is 379 g/mol. The topological polar surface area (TPSA) is 78.9 Å². The van der Waals surface area contributed by atoms with Crippen LogP contribution in [0.25, 0.3) is 16.7 Å². The van der Waals surface area contributed by atoms with E-state index in [0.717, 1.165) is 22.2 Å². The van der Waals surface area contributed by atoms with E-state index < -0.39 is 0 Å². The molecule has 2 aromatic carbocycles. The normalized spacial score (nSPS) is 13.4. The molecule has 0 radical (unpaired) electrons. The third kappa shape index (κ3) is 3.63. The van der Waals surface area contributed by atoms with E-state index >= 15 is 0 Å².